The second-order valence-corrected chi connectivity index (χ2v) is 10.9. The molecule has 0 spiro atoms. The van der Waals surface area contributed by atoms with Crippen LogP contribution < -0.4 is 4.72 Å². The van der Waals surface area contributed by atoms with Crippen molar-refractivity contribution in [1.29, 1.82) is 0 Å². The molecule has 1 amide bonds. The number of rotatable bonds is 10. The maximum Gasteiger partial charge on any atom is 0.240 e. The highest BCUT2D eigenvalue weighted by Crippen LogP contribution is 2.22. The van der Waals surface area contributed by atoms with E-state index in [2.05, 4.69) is 40.0 Å². The number of sulfonamides is 1. The Morgan fingerprint density at radius 3 is 2.33 bits per heavy atom. The van der Waals surface area contributed by atoms with Gasteiger partial charge < -0.3 is 9.80 Å². The van der Waals surface area contributed by atoms with E-state index in [-0.39, 0.29) is 11.9 Å². The van der Waals surface area contributed by atoms with Gasteiger partial charge in [-0.25, -0.2) is 13.1 Å². The van der Waals surface area contributed by atoms with Crippen LogP contribution in [0.5, 0.6) is 0 Å². The van der Waals surface area contributed by atoms with Gasteiger partial charge in [0, 0.05) is 32.1 Å². The minimum absolute atomic E-state index is 0.0979. The van der Waals surface area contributed by atoms with E-state index in [9.17, 15) is 13.2 Å². The minimum Gasteiger partial charge on any atom is -0.341 e. The summed E-state index contributed by atoms with van der Waals surface area (Å²) in [5.41, 5.74) is 2.38. The van der Waals surface area contributed by atoms with Crippen LogP contribution in [0.3, 0.4) is 0 Å². The van der Waals surface area contributed by atoms with Crippen LogP contribution in [0.4, 0.5) is 0 Å². The van der Waals surface area contributed by atoms with Crippen LogP contribution in [0.2, 0.25) is 0 Å². The topological polar surface area (TPSA) is 69.7 Å². The van der Waals surface area contributed by atoms with Gasteiger partial charge in [0.2, 0.25) is 15.9 Å². The van der Waals surface area contributed by atoms with Crippen molar-refractivity contribution in [2.24, 2.45) is 0 Å². The van der Waals surface area contributed by atoms with Gasteiger partial charge in [-0.1, -0.05) is 42.5 Å². The molecule has 0 radical (unpaired) electrons. The van der Waals surface area contributed by atoms with Crippen LogP contribution in [-0.4, -0.2) is 62.9 Å². The van der Waals surface area contributed by atoms with Gasteiger partial charge in [0.15, 0.2) is 0 Å². The molecule has 2 fully saturated rings. The van der Waals surface area contributed by atoms with Crippen molar-refractivity contribution in [3.63, 3.8) is 0 Å². The number of benzene rings is 2. The molecule has 0 unspecified atom stereocenters. The summed E-state index contributed by atoms with van der Waals surface area (Å²) in [5.74, 6) is 0.188. The van der Waals surface area contributed by atoms with E-state index in [0.29, 0.717) is 17.7 Å². The number of nitrogens with zero attached hydrogens (tertiary/aromatic N) is 2. The maximum absolute atomic E-state index is 12.8. The van der Waals surface area contributed by atoms with Crippen LogP contribution in [0.25, 0.3) is 0 Å². The maximum atomic E-state index is 12.8. The summed E-state index contributed by atoms with van der Waals surface area (Å²) in [6.45, 7) is 4.65. The number of carbonyl (C=O) groups excluding carboxylic acids is 1. The molecule has 0 aromatic heterocycles. The first kappa shape index (κ1) is 23.9. The average Bonchev–Trinajstić information content (AvgIpc) is 3.65. The molecule has 2 aromatic rings. The fourth-order valence-electron chi connectivity index (χ4n) is 4.33. The van der Waals surface area contributed by atoms with Crippen molar-refractivity contribution >= 4 is 15.9 Å². The van der Waals surface area contributed by atoms with Crippen LogP contribution in [0, 0.1) is 0 Å². The van der Waals surface area contributed by atoms with Crippen LogP contribution in [-0.2, 0) is 27.7 Å². The summed E-state index contributed by atoms with van der Waals surface area (Å²) in [4.78, 5) is 17.6. The predicted molar refractivity (Wildman–Crippen MR) is 131 cm³/mol. The predicted octanol–water partition coefficient (Wildman–Crippen LogP) is 3.23. The van der Waals surface area contributed by atoms with Gasteiger partial charge in [-0.05, 0) is 74.9 Å². The molecule has 178 valence electrons. The first-order valence-electron chi connectivity index (χ1n) is 12.1. The smallest absolute Gasteiger partial charge is 0.240 e. The monoisotopic (exact) mass is 469 g/mol. The molecule has 1 N–H and O–H groups in total. The first-order chi connectivity index (χ1) is 16.0. The molecule has 1 aliphatic carbocycles. The van der Waals surface area contributed by atoms with Crippen molar-refractivity contribution in [2.75, 3.05) is 32.7 Å². The number of hydrogen-bond acceptors (Lipinski definition) is 4. The zero-order chi connectivity index (χ0) is 23.1. The van der Waals surface area contributed by atoms with Crippen molar-refractivity contribution in [3.05, 3.63) is 65.7 Å². The highest BCUT2D eigenvalue weighted by Gasteiger charge is 2.27. The largest absolute Gasteiger partial charge is 0.341 e. The molecule has 1 saturated carbocycles. The van der Waals surface area contributed by atoms with E-state index < -0.39 is 10.0 Å². The summed E-state index contributed by atoms with van der Waals surface area (Å²) in [5, 5.41) is 0. The number of hydrogen-bond donors (Lipinski definition) is 1. The molecule has 2 aliphatic rings. The Kier molecular flexibility index (Phi) is 8.17. The van der Waals surface area contributed by atoms with Gasteiger partial charge in [0.1, 0.15) is 0 Å². The van der Waals surface area contributed by atoms with E-state index in [0.717, 1.165) is 70.4 Å². The summed E-state index contributed by atoms with van der Waals surface area (Å²) in [6, 6.07) is 17.6. The Bertz CT molecular complexity index is 1000. The fourth-order valence-corrected chi connectivity index (χ4v) is 5.63. The van der Waals surface area contributed by atoms with Crippen molar-refractivity contribution in [1.82, 2.24) is 14.5 Å². The quantitative estimate of drug-likeness (QED) is 0.580. The highest BCUT2D eigenvalue weighted by atomic mass is 32.2. The van der Waals surface area contributed by atoms with Crippen LogP contribution >= 0.6 is 0 Å². The highest BCUT2D eigenvalue weighted by molar-refractivity contribution is 7.89. The van der Waals surface area contributed by atoms with Crippen molar-refractivity contribution in [2.45, 2.75) is 55.9 Å². The van der Waals surface area contributed by atoms with Crippen molar-refractivity contribution < 1.29 is 13.2 Å². The van der Waals surface area contributed by atoms with Gasteiger partial charge in [0.25, 0.3) is 0 Å². The van der Waals surface area contributed by atoms with Crippen molar-refractivity contribution in [3.8, 4) is 0 Å². The third kappa shape index (κ3) is 7.39. The molecular formula is C26H35N3O3S. The standard InChI is InChI=1S/C26H35N3O3S/c30-26(16-11-23-9-14-25(15-10-23)33(31,32)27-24-12-13-24)29-19-5-18-28(20-21-29)17-4-8-22-6-2-1-3-7-22/h1-3,6-7,9-10,14-15,24,27H,4-5,8,11-13,16-21H2. The Hall–Kier alpha value is -2.22. The SMILES string of the molecule is O=C(CCc1ccc(S(=O)(=O)NC2CC2)cc1)N1CCCN(CCCc2ccccc2)CC1. The van der Waals surface area contributed by atoms with Crippen LogP contribution in [0.1, 0.15) is 43.2 Å². The van der Waals surface area contributed by atoms with E-state index in [1.807, 2.05) is 17.0 Å². The molecule has 6 nitrogen and oxygen atoms in total. The number of carbonyl (C=O) groups is 1. The van der Waals surface area contributed by atoms with E-state index >= 15 is 0 Å². The van der Waals surface area contributed by atoms with Gasteiger partial charge in [-0.15, -0.1) is 0 Å². The number of amides is 1. The van der Waals surface area contributed by atoms with Gasteiger partial charge in [-0.2, -0.15) is 0 Å². The molecule has 1 heterocycles. The summed E-state index contributed by atoms with van der Waals surface area (Å²) in [7, 11) is -3.42. The Morgan fingerprint density at radius 2 is 1.61 bits per heavy atom. The first-order valence-corrected chi connectivity index (χ1v) is 13.6. The third-order valence-electron chi connectivity index (χ3n) is 6.48. The molecule has 1 aliphatic heterocycles. The molecule has 2 aromatic carbocycles. The molecule has 33 heavy (non-hydrogen) atoms. The summed E-state index contributed by atoms with van der Waals surface area (Å²) >= 11 is 0. The van der Waals surface area contributed by atoms with Crippen LogP contribution in [0.15, 0.2) is 59.5 Å². The Morgan fingerprint density at radius 1 is 0.879 bits per heavy atom. The fraction of sp³-hybridized carbons (Fsp3) is 0.500. The number of aryl methyl sites for hydroxylation is 2. The van der Waals surface area contributed by atoms with Gasteiger partial charge in [0.05, 0.1) is 4.90 Å². The molecule has 0 bridgehead atoms. The van der Waals surface area contributed by atoms with E-state index in [1.54, 1.807) is 12.1 Å². The molecule has 4 rings (SSSR count). The molecule has 1 saturated heterocycles. The minimum atomic E-state index is -3.42. The normalized spacial score (nSPS) is 17.6. The molecule has 7 heteroatoms. The van der Waals surface area contributed by atoms with Gasteiger partial charge >= 0.3 is 0 Å². The third-order valence-corrected chi connectivity index (χ3v) is 8.02. The summed E-state index contributed by atoms with van der Waals surface area (Å²) < 4.78 is 27.3. The lowest BCUT2D eigenvalue weighted by atomic mass is 10.1. The summed E-state index contributed by atoms with van der Waals surface area (Å²) in [6.07, 6.45) is 6.17. The zero-order valence-corrected chi connectivity index (χ0v) is 20.1. The molecule has 0 atom stereocenters. The van der Waals surface area contributed by atoms with E-state index in [1.165, 1.54) is 5.56 Å². The Labute approximate surface area is 198 Å². The lowest BCUT2D eigenvalue weighted by Gasteiger charge is -2.22. The lowest BCUT2D eigenvalue weighted by molar-refractivity contribution is -0.131. The number of nitrogens with one attached hydrogen (secondary N) is 1. The zero-order valence-electron chi connectivity index (χ0n) is 19.3. The lowest BCUT2D eigenvalue weighted by Crippen LogP contribution is -2.35. The second-order valence-electron chi connectivity index (χ2n) is 9.20. The van der Waals surface area contributed by atoms with Gasteiger partial charge in [-0.3, -0.25) is 4.79 Å². The average molecular weight is 470 g/mol. The second kappa shape index (κ2) is 11.3. The molecular weight excluding hydrogens is 434 g/mol. The Balaban J connectivity index is 1.19. The van der Waals surface area contributed by atoms with E-state index in [4.69, 9.17) is 0 Å².